The van der Waals surface area contributed by atoms with Gasteiger partial charge in [0.25, 0.3) is 11.8 Å². The van der Waals surface area contributed by atoms with E-state index in [1.54, 1.807) is 60.7 Å². The van der Waals surface area contributed by atoms with E-state index in [0.717, 1.165) is 0 Å². The first kappa shape index (κ1) is 26.0. The Kier molecular flexibility index (Phi) is 8.18. The fourth-order valence-corrected chi connectivity index (χ4v) is 4.23. The molecule has 2 amide bonds. The van der Waals surface area contributed by atoms with Gasteiger partial charge in [0.15, 0.2) is 10.9 Å². The number of anilines is 2. The van der Waals surface area contributed by atoms with Crippen LogP contribution in [-0.2, 0) is 0 Å². The molecule has 0 aliphatic heterocycles. The number of hydrogen-bond acceptors (Lipinski definition) is 4. The van der Waals surface area contributed by atoms with Gasteiger partial charge in [-0.1, -0.05) is 52.5 Å². The van der Waals surface area contributed by atoms with Crippen LogP contribution in [0.3, 0.4) is 0 Å². The molecular weight excluding hydrogens is 564 g/mol. The van der Waals surface area contributed by atoms with Crippen molar-refractivity contribution in [2.75, 3.05) is 10.6 Å². The predicted octanol–water partition coefficient (Wildman–Crippen LogP) is 7.94. The van der Waals surface area contributed by atoms with Crippen LogP contribution >= 0.6 is 58.6 Å². The first-order valence-corrected chi connectivity index (χ1v) is 12.2. The van der Waals surface area contributed by atoms with Crippen LogP contribution in [0.1, 0.15) is 20.9 Å². The molecule has 36 heavy (non-hydrogen) atoms. The maximum Gasteiger partial charge on any atom is 0.293 e. The van der Waals surface area contributed by atoms with E-state index in [2.05, 4.69) is 16.0 Å². The minimum Gasteiger partial charge on any atom is -0.451 e. The molecule has 182 valence electrons. The Labute approximate surface area is 231 Å². The van der Waals surface area contributed by atoms with Crippen LogP contribution in [0.2, 0.25) is 20.1 Å². The van der Waals surface area contributed by atoms with Gasteiger partial charge < -0.3 is 15.1 Å². The van der Waals surface area contributed by atoms with Gasteiger partial charge in [-0.05, 0) is 78.9 Å². The van der Waals surface area contributed by atoms with Gasteiger partial charge in [-0.25, -0.2) is 0 Å². The van der Waals surface area contributed by atoms with Crippen molar-refractivity contribution in [2.24, 2.45) is 0 Å². The van der Waals surface area contributed by atoms with Crippen molar-refractivity contribution in [2.45, 2.75) is 0 Å². The highest BCUT2D eigenvalue weighted by Gasteiger charge is 2.16. The molecular formula is C25H15Cl4N3O3S. The van der Waals surface area contributed by atoms with E-state index in [1.807, 2.05) is 0 Å². The molecule has 1 aromatic heterocycles. The van der Waals surface area contributed by atoms with Crippen molar-refractivity contribution in [1.82, 2.24) is 5.32 Å². The number of thiocarbonyl (C=S) groups is 1. The second-order valence-electron chi connectivity index (χ2n) is 7.33. The number of hydrogen-bond donors (Lipinski definition) is 3. The molecule has 0 aliphatic rings. The second kappa shape index (κ2) is 11.3. The molecule has 0 saturated heterocycles. The van der Waals surface area contributed by atoms with Gasteiger partial charge in [0, 0.05) is 22.0 Å². The van der Waals surface area contributed by atoms with E-state index in [1.165, 1.54) is 12.1 Å². The van der Waals surface area contributed by atoms with Gasteiger partial charge >= 0.3 is 0 Å². The Bertz CT molecular complexity index is 1470. The molecule has 4 aromatic rings. The van der Waals surface area contributed by atoms with Crippen LogP contribution in [0.5, 0.6) is 0 Å². The van der Waals surface area contributed by atoms with Crippen LogP contribution in [0.4, 0.5) is 11.4 Å². The standard InChI is InChI=1S/C25H15Cl4N3O3S/c26-13-4-9-16(19(28)12-13)23(33)30-14-5-7-15(8-6-14)31-25(36)32-24(34)21-11-10-20(35-21)17-2-1-3-18(27)22(17)29/h1-12H,(H,30,33)(H2,31,32,34,36). The topological polar surface area (TPSA) is 83.4 Å². The SMILES string of the molecule is O=C(NC(=S)Nc1ccc(NC(=O)c2ccc(Cl)cc2Cl)cc1)c1ccc(-c2cccc(Cl)c2Cl)o1. The molecule has 0 unspecified atom stereocenters. The molecule has 0 spiro atoms. The van der Waals surface area contributed by atoms with E-state index in [9.17, 15) is 9.59 Å². The molecule has 1 heterocycles. The monoisotopic (exact) mass is 577 g/mol. The molecule has 0 radical (unpaired) electrons. The van der Waals surface area contributed by atoms with Crippen LogP contribution in [0.25, 0.3) is 11.3 Å². The maximum absolute atomic E-state index is 12.5. The molecule has 3 aromatic carbocycles. The number of nitrogens with one attached hydrogen (secondary N) is 3. The lowest BCUT2D eigenvalue weighted by Crippen LogP contribution is -2.33. The van der Waals surface area contributed by atoms with Gasteiger partial charge in [-0.15, -0.1) is 0 Å². The summed E-state index contributed by atoms with van der Waals surface area (Å²) >= 11 is 29.4. The van der Waals surface area contributed by atoms with Crippen LogP contribution in [-0.4, -0.2) is 16.9 Å². The minimum absolute atomic E-state index is 0.0455. The first-order chi connectivity index (χ1) is 17.2. The largest absolute Gasteiger partial charge is 0.451 e. The van der Waals surface area contributed by atoms with Crippen molar-refractivity contribution in [1.29, 1.82) is 0 Å². The Morgan fingerprint density at radius 2 is 1.44 bits per heavy atom. The summed E-state index contributed by atoms with van der Waals surface area (Å²) in [4.78, 5) is 25.0. The Morgan fingerprint density at radius 1 is 0.750 bits per heavy atom. The van der Waals surface area contributed by atoms with E-state index in [-0.39, 0.29) is 21.8 Å². The fourth-order valence-electron chi connectivity index (χ4n) is 3.13. The maximum atomic E-state index is 12.5. The third-order valence-electron chi connectivity index (χ3n) is 4.85. The highest BCUT2D eigenvalue weighted by molar-refractivity contribution is 7.80. The normalized spacial score (nSPS) is 10.6. The zero-order valence-corrected chi connectivity index (χ0v) is 21.9. The third-order valence-corrected chi connectivity index (χ3v) is 6.42. The number of benzene rings is 3. The lowest BCUT2D eigenvalue weighted by molar-refractivity contribution is 0.0950. The molecule has 11 heteroatoms. The second-order valence-corrected chi connectivity index (χ2v) is 9.37. The number of carbonyl (C=O) groups excluding carboxylic acids is 2. The number of carbonyl (C=O) groups is 2. The number of amides is 2. The summed E-state index contributed by atoms with van der Waals surface area (Å²) < 4.78 is 5.62. The van der Waals surface area contributed by atoms with Gasteiger partial charge in [-0.2, -0.15) is 0 Å². The molecule has 3 N–H and O–H groups in total. The minimum atomic E-state index is -0.541. The van der Waals surface area contributed by atoms with Crippen molar-refractivity contribution >= 4 is 86.9 Å². The Balaban J connectivity index is 1.34. The van der Waals surface area contributed by atoms with Crippen molar-refractivity contribution in [3.05, 3.63) is 104 Å². The Morgan fingerprint density at radius 3 is 2.14 bits per heavy atom. The molecule has 0 saturated carbocycles. The lowest BCUT2D eigenvalue weighted by atomic mass is 10.2. The quantitative estimate of drug-likeness (QED) is 0.209. The van der Waals surface area contributed by atoms with E-state index >= 15 is 0 Å². The summed E-state index contributed by atoms with van der Waals surface area (Å²) in [6.45, 7) is 0. The molecule has 0 aliphatic carbocycles. The molecule has 0 fully saturated rings. The zero-order chi connectivity index (χ0) is 25.8. The Hall–Kier alpha value is -3.07. The van der Waals surface area contributed by atoms with Crippen molar-refractivity contribution < 1.29 is 14.0 Å². The number of furan rings is 1. The summed E-state index contributed by atoms with van der Waals surface area (Å²) in [6.07, 6.45) is 0. The summed E-state index contributed by atoms with van der Waals surface area (Å²) in [5, 5.41) is 9.64. The van der Waals surface area contributed by atoms with Gasteiger partial charge in [-0.3, -0.25) is 14.9 Å². The summed E-state index contributed by atoms with van der Waals surface area (Å²) in [6, 6.07) is 19.6. The van der Waals surface area contributed by atoms with Crippen molar-refractivity contribution in [3.8, 4) is 11.3 Å². The van der Waals surface area contributed by atoms with Crippen LogP contribution < -0.4 is 16.0 Å². The van der Waals surface area contributed by atoms with Crippen molar-refractivity contribution in [3.63, 3.8) is 0 Å². The smallest absolute Gasteiger partial charge is 0.293 e. The molecule has 4 rings (SSSR count). The molecule has 6 nitrogen and oxygen atoms in total. The average Bonchev–Trinajstić information content (AvgIpc) is 3.32. The van der Waals surface area contributed by atoms with Gasteiger partial charge in [0.2, 0.25) is 0 Å². The highest BCUT2D eigenvalue weighted by Crippen LogP contribution is 2.34. The summed E-state index contributed by atoms with van der Waals surface area (Å²) in [7, 11) is 0. The van der Waals surface area contributed by atoms with E-state index in [0.29, 0.717) is 43.3 Å². The van der Waals surface area contributed by atoms with Gasteiger partial charge in [0.05, 0.1) is 20.6 Å². The molecule has 0 atom stereocenters. The fraction of sp³-hybridized carbons (Fsp3) is 0. The summed E-state index contributed by atoms with van der Waals surface area (Å²) in [5.74, 6) is -0.481. The zero-order valence-electron chi connectivity index (χ0n) is 18.1. The number of halogens is 4. The average molecular weight is 579 g/mol. The van der Waals surface area contributed by atoms with E-state index in [4.69, 9.17) is 63.0 Å². The third kappa shape index (κ3) is 6.19. The number of rotatable bonds is 5. The summed E-state index contributed by atoms with van der Waals surface area (Å²) in [5.41, 5.74) is 1.99. The van der Waals surface area contributed by atoms with Crippen LogP contribution in [0.15, 0.2) is 77.2 Å². The predicted molar refractivity (Wildman–Crippen MR) is 149 cm³/mol. The van der Waals surface area contributed by atoms with E-state index < -0.39 is 5.91 Å². The van der Waals surface area contributed by atoms with Crippen LogP contribution in [0, 0.1) is 0 Å². The molecule has 0 bridgehead atoms. The lowest BCUT2D eigenvalue weighted by Gasteiger charge is -2.10. The first-order valence-electron chi connectivity index (χ1n) is 10.2. The highest BCUT2D eigenvalue weighted by atomic mass is 35.5. The van der Waals surface area contributed by atoms with Gasteiger partial charge in [0.1, 0.15) is 5.76 Å².